The van der Waals surface area contributed by atoms with Crippen LogP contribution in [0.2, 0.25) is 0 Å². The van der Waals surface area contributed by atoms with E-state index in [1.165, 1.54) is 0 Å². The molecule has 0 saturated carbocycles. The lowest BCUT2D eigenvalue weighted by Crippen LogP contribution is -2.27. The zero-order valence-electron chi connectivity index (χ0n) is 11.3. The summed E-state index contributed by atoms with van der Waals surface area (Å²) in [6, 6.07) is 2.04. The van der Waals surface area contributed by atoms with Gasteiger partial charge in [0.25, 0.3) is 0 Å². The van der Waals surface area contributed by atoms with E-state index < -0.39 is 0 Å². The Bertz CT molecular complexity index is 353. The molecule has 4 heteroatoms. The average molecular weight is 237 g/mol. The quantitative estimate of drug-likeness (QED) is 0.823. The van der Waals surface area contributed by atoms with Crippen molar-refractivity contribution < 1.29 is 5.11 Å². The molecule has 0 aliphatic carbocycles. The van der Waals surface area contributed by atoms with Gasteiger partial charge in [-0.2, -0.15) is 0 Å². The Morgan fingerprint density at radius 3 is 2.59 bits per heavy atom. The molecule has 0 atom stereocenters. The van der Waals surface area contributed by atoms with Gasteiger partial charge in [-0.25, -0.2) is 9.97 Å². The summed E-state index contributed by atoms with van der Waals surface area (Å²) in [5.41, 5.74) is 2.08. The molecule has 0 aromatic carbocycles. The molecule has 96 valence electrons. The van der Waals surface area contributed by atoms with Gasteiger partial charge in [0, 0.05) is 31.1 Å². The number of rotatable bonds is 6. The summed E-state index contributed by atoms with van der Waals surface area (Å²) in [6.45, 7) is 10.2. The van der Waals surface area contributed by atoms with E-state index in [-0.39, 0.29) is 6.61 Å². The third-order valence-corrected chi connectivity index (χ3v) is 2.70. The van der Waals surface area contributed by atoms with Crippen LogP contribution in [0, 0.1) is 6.92 Å². The van der Waals surface area contributed by atoms with Crippen molar-refractivity contribution in [3.05, 3.63) is 17.5 Å². The van der Waals surface area contributed by atoms with Crippen LogP contribution in [-0.4, -0.2) is 34.8 Å². The maximum absolute atomic E-state index is 8.89. The molecule has 1 heterocycles. The van der Waals surface area contributed by atoms with Gasteiger partial charge in [0.1, 0.15) is 0 Å². The number of hydrogen-bond donors (Lipinski definition) is 1. The molecule has 1 N–H and O–H groups in total. The molecule has 0 radical (unpaired) electrons. The highest BCUT2D eigenvalue weighted by atomic mass is 16.3. The van der Waals surface area contributed by atoms with Crippen molar-refractivity contribution in [1.82, 2.24) is 9.97 Å². The number of hydrogen-bond acceptors (Lipinski definition) is 4. The monoisotopic (exact) mass is 237 g/mol. The highest BCUT2D eigenvalue weighted by molar-refractivity contribution is 5.32. The first-order chi connectivity index (χ1) is 8.08. The van der Waals surface area contributed by atoms with Gasteiger partial charge in [0.2, 0.25) is 5.95 Å². The normalized spacial score (nSPS) is 10.9. The fraction of sp³-hybridized carbons (Fsp3) is 0.692. The molecular weight excluding hydrogens is 214 g/mol. The van der Waals surface area contributed by atoms with Crippen molar-refractivity contribution in [2.45, 2.75) is 40.0 Å². The van der Waals surface area contributed by atoms with Crippen molar-refractivity contribution in [2.75, 3.05) is 24.6 Å². The maximum atomic E-state index is 8.89. The molecule has 0 saturated heterocycles. The van der Waals surface area contributed by atoms with E-state index in [0.29, 0.717) is 5.92 Å². The van der Waals surface area contributed by atoms with Gasteiger partial charge < -0.3 is 10.0 Å². The van der Waals surface area contributed by atoms with Gasteiger partial charge in [-0.05, 0) is 32.3 Å². The molecule has 0 amide bonds. The Balaban J connectivity index is 2.94. The van der Waals surface area contributed by atoms with Crippen LogP contribution in [-0.2, 0) is 0 Å². The van der Waals surface area contributed by atoms with Crippen molar-refractivity contribution in [3.63, 3.8) is 0 Å². The number of nitrogens with zero attached hydrogens (tertiary/aromatic N) is 3. The fourth-order valence-corrected chi connectivity index (χ4v) is 1.68. The van der Waals surface area contributed by atoms with Crippen LogP contribution >= 0.6 is 0 Å². The van der Waals surface area contributed by atoms with Crippen LogP contribution in [0.4, 0.5) is 5.95 Å². The zero-order valence-corrected chi connectivity index (χ0v) is 11.3. The third kappa shape index (κ3) is 3.97. The maximum Gasteiger partial charge on any atom is 0.225 e. The summed E-state index contributed by atoms with van der Waals surface area (Å²) in [4.78, 5) is 11.2. The van der Waals surface area contributed by atoms with Gasteiger partial charge in [0.05, 0.1) is 0 Å². The molecule has 0 aliphatic rings. The largest absolute Gasteiger partial charge is 0.396 e. The highest BCUT2D eigenvalue weighted by Crippen LogP contribution is 2.16. The lowest BCUT2D eigenvalue weighted by atomic mass is 10.1. The Morgan fingerprint density at radius 1 is 1.35 bits per heavy atom. The molecule has 0 aliphatic heterocycles. The molecule has 4 nitrogen and oxygen atoms in total. The number of anilines is 1. The van der Waals surface area contributed by atoms with Gasteiger partial charge in [-0.3, -0.25) is 0 Å². The van der Waals surface area contributed by atoms with Crippen LogP contribution in [0.3, 0.4) is 0 Å². The molecule has 0 spiro atoms. The molecule has 1 aromatic rings. The van der Waals surface area contributed by atoms with E-state index in [0.717, 1.165) is 36.8 Å². The van der Waals surface area contributed by atoms with E-state index >= 15 is 0 Å². The number of aliphatic hydroxyl groups excluding tert-OH is 1. The lowest BCUT2D eigenvalue weighted by molar-refractivity contribution is 0.289. The molecule has 0 fully saturated rings. The molecule has 0 bridgehead atoms. The zero-order chi connectivity index (χ0) is 12.8. The van der Waals surface area contributed by atoms with Crippen LogP contribution in [0.1, 0.15) is 44.5 Å². The van der Waals surface area contributed by atoms with Gasteiger partial charge >= 0.3 is 0 Å². The Labute approximate surface area is 104 Å². The van der Waals surface area contributed by atoms with Crippen molar-refractivity contribution >= 4 is 5.95 Å². The van der Waals surface area contributed by atoms with Crippen molar-refractivity contribution in [3.8, 4) is 0 Å². The summed E-state index contributed by atoms with van der Waals surface area (Å²) in [7, 11) is 0. The van der Waals surface area contributed by atoms with Crippen LogP contribution in [0.25, 0.3) is 0 Å². The van der Waals surface area contributed by atoms with Gasteiger partial charge in [-0.1, -0.05) is 13.8 Å². The van der Waals surface area contributed by atoms with E-state index in [4.69, 9.17) is 5.11 Å². The summed E-state index contributed by atoms with van der Waals surface area (Å²) < 4.78 is 0. The van der Waals surface area contributed by atoms with Crippen LogP contribution in [0.5, 0.6) is 0 Å². The van der Waals surface area contributed by atoms with Crippen LogP contribution in [0.15, 0.2) is 6.07 Å². The summed E-state index contributed by atoms with van der Waals surface area (Å²) in [5.74, 6) is 1.19. The molecule has 1 aromatic heterocycles. The van der Waals surface area contributed by atoms with Gasteiger partial charge in [-0.15, -0.1) is 0 Å². The van der Waals surface area contributed by atoms with E-state index in [2.05, 4.69) is 35.6 Å². The fourth-order valence-electron chi connectivity index (χ4n) is 1.68. The first-order valence-corrected chi connectivity index (χ1v) is 6.29. The van der Waals surface area contributed by atoms with E-state index in [1.54, 1.807) is 0 Å². The first kappa shape index (κ1) is 13.9. The van der Waals surface area contributed by atoms with Crippen molar-refractivity contribution in [1.29, 1.82) is 0 Å². The Hall–Kier alpha value is -1.16. The summed E-state index contributed by atoms with van der Waals surface area (Å²) >= 11 is 0. The first-order valence-electron chi connectivity index (χ1n) is 6.29. The minimum Gasteiger partial charge on any atom is -0.396 e. The second-order valence-corrected chi connectivity index (χ2v) is 4.55. The Morgan fingerprint density at radius 2 is 2.06 bits per heavy atom. The summed E-state index contributed by atoms with van der Waals surface area (Å²) in [6.07, 6.45) is 0.752. The van der Waals surface area contributed by atoms with Crippen LogP contribution < -0.4 is 4.90 Å². The minimum absolute atomic E-state index is 0.208. The second kappa shape index (κ2) is 6.55. The second-order valence-electron chi connectivity index (χ2n) is 4.55. The van der Waals surface area contributed by atoms with E-state index in [1.807, 2.05) is 13.0 Å². The standard InChI is InChI=1S/C13H23N3O/c1-5-16(7-6-8-17)13-14-11(4)9-12(15-13)10(2)3/h9-10,17H,5-8H2,1-4H3. The van der Waals surface area contributed by atoms with Gasteiger partial charge in [0.15, 0.2) is 0 Å². The highest BCUT2D eigenvalue weighted by Gasteiger charge is 2.11. The Kier molecular flexibility index (Phi) is 5.35. The number of aliphatic hydroxyl groups is 1. The topological polar surface area (TPSA) is 49.2 Å². The number of aryl methyl sites for hydroxylation is 1. The number of aromatic nitrogens is 2. The van der Waals surface area contributed by atoms with E-state index in [9.17, 15) is 0 Å². The predicted molar refractivity (Wildman–Crippen MR) is 70.4 cm³/mol. The van der Waals surface area contributed by atoms with Crippen molar-refractivity contribution in [2.24, 2.45) is 0 Å². The third-order valence-electron chi connectivity index (χ3n) is 2.70. The molecular formula is C13H23N3O. The summed E-state index contributed by atoms with van der Waals surface area (Å²) in [5, 5.41) is 8.89. The molecule has 17 heavy (non-hydrogen) atoms. The molecule has 0 unspecified atom stereocenters. The lowest BCUT2D eigenvalue weighted by Gasteiger charge is -2.21. The smallest absolute Gasteiger partial charge is 0.225 e. The SMILES string of the molecule is CCN(CCCO)c1nc(C)cc(C(C)C)n1. The molecule has 1 rings (SSSR count). The minimum atomic E-state index is 0.208. The predicted octanol–water partition coefficient (Wildman–Crippen LogP) is 2.12. The average Bonchev–Trinajstić information content (AvgIpc) is 2.29.